The summed E-state index contributed by atoms with van der Waals surface area (Å²) in [5.41, 5.74) is 1.46. The highest BCUT2D eigenvalue weighted by Gasteiger charge is 2.35. The monoisotopic (exact) mass is 335 g/mol. The van der Waals surface area contributed by atoms with Crippen LogP contribution in [0.25, 0.3) is 0 Å². The van der Waals surface area contributed by atoms with Gasteiger partial charge in [-0.15, -0.1) is 0 Å². The van der Waals surface area contributed by atoms with Crippen LogP contribution in [0.5, 0.6) is 5.75 Å². The van der Waals surface area contributed by atoms with Crippen LogP contribution in [0.15, 0.2) is 36.4 Å². The van der Waals surface area contributed by atoms with E-state index < -0.39 is 5.92 Å². The molecule has 0 saturated heterocycles. The summed E-state index contributed by atoms with van der Waals surface area (Å²) in [5.74, 6) is -1.08. The predicted molar refractivity (Wildman–Crippen MR) is 84.9 cm³/mol. The van der Waals surface area contributed by atoms with E-state index >= 15 is 0 Å². The van der Waals surface area contributed by atoms with Crippen molar-refractivity contribution in [2.75, 3.05) is 5.32 Å². The quantitative estimate of drug-likeness (QED) is 0.833. The van der Waals surface area contributed by atoms with Crippen LogP contribution in [-0.2, 0) is 4.79 Å². The highest BCUT2D eigenvalue weighted by molar-refractivity contribution is 6.38. The van der Waals surface area contributed by atoms with Gasteiger partial charge in [0.1, 0.15) is 5.75 Å². The second-order valence-electron chi connectivity index (χ2n) is 5.03. The van der Waals surface area contributed by atoms with Crippen molar-refractivity contribution in [1.82, 2.24) is 0 Å². The highest BCUT2D eigenvalue weighted by atomic mass is 35.5. The third kappa shape index (κ3) is 2.56. The van der Waals surface area contributed by atoms with Gasteiger partial charge >= 0.3 is 0 Å². The van der Waals surface area contributed by atoms with Crippen molar-refractivity contribution in [3.8, 4) is 5.75 Å². The maximum atomic E-state index is 12.3. The van der Waals surface area contributed by atoms with Gasteiger partial charge in [-0.1, -0.05) is 23.2 Å². The van der Waals surface area contributed by atoms with Crippen LogP contribution in [0.3, 0.4) is 0 Å². The number of hydrogen-bond donors (Lipinski definition) is 2. The van der Waals surface area contributed by atoms with Gasteiger partial charge in [0.15, 0.2) is 5.78 Å². The Bertz CT molecular complexity index is 772. The predicted octanol–water partition coefficient (Wildman–Crippen LogP) is 4.01. The van der Waals surface area contributed by atoms with Crippen molar-refractivity contribution in [3.63, 3.8) is 0 Å². The van der Waals surface area contributed by atoms with Gasteiger partial charge in [-0.05, 0) is 36.4 Å². The normalized spacial score (nSPS) is 16.3. The van der Waals surface area contributed by atoms with Crippen LogP contribution in [0.4, 0.5) is 5.69 Å². The average molecular weight is 336 g/mol. The number of aromatic hydroxyl groups is 1. The number of phenols is 1. The maximum Gasteiger partial charge on any atom is 0.232 e. The molecule has 1 atom stereocenters. The molecule has 1 amide bonds. The summed E-state index contributed by atoms with van der Waals surface area (Å²) < 4.78 is 0. The molecule has 4 nitrogen and oxygen atoms in total. The van der Waals surface area contributed by atoms with Crippen LogP contribution in [0.1, 0.15) is 28.3 Å². The minimum absolute atomic E-state index is 0.0102. The zero-order chi connectivity index (χ0) is 15.9. The van der Waals surface area contributed by atoms with E-state index in [1.807, 2.05) is 0 Å². The van der Waals surface area contributed by atoms with Gasteiger partial charge in [-0.3, -0.25) is 9.59 Å². The number of carbonyl (C=O) groups is 2. The first-order valence-corrected chi connectivity index (χ1v) is 7.34. The van der Waals surface area contributed by atoms with Crippen molar-refractivity contribution in [3.05, 3.63) is 57.6 Å². The molecule has 1 aliphatic heterocycles. The van der Waals surface area contributed by atoms with E-state index in [9.17, 15) is 14.7 Å². The lowest BCUT2D eigenvalue weighted by Gasteiger charge is -2.10. The molecule has 0 saturated carbocycles. The minimum atomic E-state index is -0.664. The number of nitrogens with one attached hydrogen (secondary N) is 1. The van der Waals surface area contributed by atoms with E-state index in [0.29, 0.717) is 26.9 Å². The van der Waals surface area contributed by atoms with E-state index in [0.717, 1.165) is 0 Å². The molecule has 1 unspecified atom stereocenters. The Balaban J connectivity index is 1.91. The number of anilines is 1. The van der Waals surface area contributed by atoms with Crippen LogP contribution in [0.2, 0.25) is 10.0 Å². The molecular formula is C16H11Cl2NO3. The third-order valence-corrected chi connectivity index (χ3v) is 4.28. The van der Waals surface area contributed by atoms with E-state index in [-0.39, 0.29) is 23.9 Å². The van der Waals surface area contributed by atoms with E-state index in [1.165, 1.54) is 24.3 Å². The maximum absolute atomic E-state index is 12.3. The number of ketones is 1. The van der Waals surface area contributed by atoms with Gasteiger partial charge in [0, 0.05) is 22.6 Å². The third-order valence-electron chi connectivity index (χ3n) is 3.63. The second kappa shape index (κ2) is 5.63. The van der Waals surface area contributed by atoms with Crippen LogP contribution in [0, 0.1) is 0 Å². The van der Waals surface area contributed by atoms with Gasteiger partial charge in [-0.2, -0.15) is 0 Å². The molecule has 0 radical (unpaired) electrons. The standard InChI is InChI=1S/C16H11Cl2NO3/c17-11-5-6-12(18)15-14(11)10(16(22)19-15)7-13(21)8-1-3-9(20)4-2-8/h1-6,10,20H,7H2,(H,19,22). The summed E-state index contributed by atoms with van der Waals surface area (Å²) in [4.78, 5) is 24.5. The molecule has 0 aromatic heterocycles. The summed E-state index contributed by atoms with van der Waals surface area (Å²) in [6, 6.07) is 9.11. The van der Waals surface area contributed by atoms with Gasteiger partial charge in [-0.25, -0.2) is 0 Å². The highest BCUT2D eigenvalue weighted by Crippen LogP contribution is 2.43. The van der Waals surface area contributed by atoms with Crippen LogP contribution in [-0.4, -0.2) is 16.8 Å². The van der Waals surface area contributed by atoms with Crippen molar-refractivity contribution < 1.29 is 14.7 Å². The smallest absolute Gasteiger partial charge is 0.232 e. The lowest BCUT2D eigenvalue weighted by molar-refractivity contribution is -0.117. The zero-order valence-corrected chi connectivity index (χ0v) is 12.8. The molecule has 0 fully saturated rings. The van der Waals surface area contributed by atoms with Gasteiger partial charge < -0.3 is 10.4 Å². The first kappa shape index (κ1) is 14.9. The molecule has 112 valence electrons. The Morgan fingerprint density at radius 3 is 2.41 bits per heavy atom. The Morgan fingerprint density at radius 2 is 1.73 bits per heavy atom. The largest absolute Gasteiger partial charge is 0.508 e. The molecule has 0 aliphatic carbocycles. The molecule has 0 spiro atoms. The summed E-state index contributed by atoms with van der Waals surface area (Å²) in [6.07, 6.45) is -0.0102. The molecule has 6 heteroatoms. The number of carbonyl (C=O) groups excluding carboxylic acids is 2. The van der Waals surface area contributed by atoms with Gasteiger partial charge in [0.2, 0.25) is 5.91 Å². The molecule has 2 N–H and O–H groups in total. The summed E-state index contributed by atoms with van der Waals surface area (Å²) in [6.45, 7) is 0. The van der Waals surface area contributed by atoms with Crippen LogP contribution >= 0.6 is 23.2 Å². The number of hydrogen-bond acceptors (Lipinski definition) is 3. The number of benzene rings is 2. The van der Waals surface area contributed by atoms with E-state index in [4.69, 9.17) is 23.2 Å². The fourth-order valence-corrected chi connectivity index (χ4v) is 3.02. The molecule has 1 aliphatic rings. The van der Waals surface area contributed by atoms with Crippen molar-refractivity contribution in [2.45, 2.75) is 12.3 Å². The number of rotatable bonds is 3. The average Bonchev–Trinajstić information content (AvgIpc) is 2.82. The number of halogens is 2. The molecule has 2 aromatic rings. The fourth-order valence-electron chi connectivity index (χ4n) is 2.52. The lowest BCUT2D eigenvalue weighted by Crippen LogP contribution is -2.16. The fraction of sp³-hybridized carbons (Fsp3) is 0.125. The van der Waals surface area contributed by atoms with Crippen molar-refractivity contribution in [1.29, 1.82) is 0 Å². The molecule has 3 rings (SSSR count). The Morgan fingerprint density at radius 1 is 1.09 bits per heavy atom. The number of Topliss-reactive ketones (excluding diaryl/α,β-unsaturated/α-hetero) is 1. The van der Waals surface area contributed by atoms with Gasteiger partial charge in [0.05, 0.1) is 16.6 Å². The molecule has 2 aromatic carbocycles. The van der Waals surface area contributed by atoms with Crippen molar-refractivity contribution in [2.24, 2.45) is 0 Å². The summed E-state index contributed by atoms with van der Waals surface area (Å²) in [7, 11) is 0. The number of fused-ring (bicyclic) bond motifs is 1. The second-order valence-corrected chi connectivity index (χ2v) is 5.85. The SMILES string of the molecule is O=C(CC1C(=O)Nc2c(Cl)ccc(Cl)c21)c1ccc(O)cc1. The number of amides is 1. The molecule has 22 heavy (non-hydrogen) atoms. The van der Waals surface area contributed by atoms with Crippen molar-refractivity contribution >= 4 is 40.6 Å². The van der Waals surface area contributed by atoms with Crippen LogP contribution < -0.4 is 5.32 Å². The topological polar surface area (TPSA) is 66.4 Å². The Kier molecular flexibility index (Phi) is 3.81. The Labute approximate surface area is 136 Å². The van der Waals surface area contributed by atoms with E-state index in [2.05, 4.69) is 5.32 Å². The first-order valence-electron chi connectivity index (χ1n) is 6.58. The lowest BCUT2D eigenvalue weighted by atomic mass is 9.92. The molecular weight excluding hydrogens is 325 g/mol. The zero-order valence-electron chi connectivity index (χ0n) is 11.3. The van der Waals surface area contributed by atoms with Gasteiger partial charge in [0.25, 0.3) is 0 Å². The number of phenolic OH excluding ortho intramolecular Hbond substituents is 1. The Hall–Kier alpha value is -2.04. The first-order chi connectivity index (χ1) is 10.5. The molecule has 1 heterocycles. The molecule has 0 bridgehead atoms. The summed E-state index contributed by atoms with van der Waals surface area (Å²) >= 11 is 12.2. The van der Waals surface area contributed by atoms with E-state index in [1.54, 1.807) is 12.1 Å². The minimum Gasteiger partial charge on any atom is -0.508 e. The summed E-state index contributed by atoms with van der Waals surface area (Å²) in [5, 5.41) is 12.7.